The van der Waals surface area contributed by atoms with Crippen LogP contribution in [0, 0.1) is 23.0 Å². The molecule has 0 saturated carbocycles. The molecule has 0 bridgehead atoms. The van der Waals surface area contributed by atoms with Gasteiger partial charge in [-0.2, -0.15) is 0 Å². The minimum absolute atomic E-state index is 0.0115. The number of fused-ring (bicyclic) bond motifs is 2. The molecule has 2 aliphatic heterocycles. The second kappa shape index (κ2) is 8.58. The van der Waals surface area contributed by atoms with Gasteiger partial charge in [0.25, 0.3) is 5.91 Å². The van der Waals surface area contributed by atoms with Crippen molar-refractivity contribution in [3.8, 4) is 0 Å². The van der Waals surface area contributed by atoms with Gasteiger partial charge in [0.2, 0.25) is 0 Å². The SMILES string of the molecule is CC(C)OCC1=CN(C(=O)c2ccc(F)c(F)c2)CC(C)(C)C2Cc3ccccc3N=C12. The number of aliphatic imine (C=N–C) groups is 1. The molecule has 0 radical (unpaired) electrons. The third-order valence-electron chi connectivity index (χ3n) is 6.15. The highest BCUT2D eigenvalue weighted by atomic mass is 19.2. The molecule has 1 unspecified atom stereocenters. The van der Waals surface area contributed by atoms with E-state index >= 15 is 0 Å². The van der Waals surface area contributed by atoms with Crippen LogP contribution >= 0.6 is 0 Å². The smallest absolute Gasteiger partial charge is 0.257 e. The molecule has 1 amide bonds. The Bertz CT molecular complexity index is 1100. The summed E-state index contributed by atoms with van der Waals surface area (Å²) < 4.78 is 33.1. The minimum Gasteiger partial charge on any atom is -0.374 e. The molecule has 2 aromatic carbocycles. The van der Waals surface area contributed by atoms with Crippen LogP contribution in [0.5, 0.6) is 0 Å². The molecule has 1 atom stereocenters. The molecule has 4 rings (SSSR count). The Hall–Kier alpha value is -2.86. The highest BCUT2D eigenvalue weighted by Crippen LogP contribution is 2.42. The fourth-order valence-electron chi connectivity index (χ4n) is 4.40. The van der Waals surface area contributed by atoms with E-state index in [1.807, 2.05) is 32.0 Å². The normalized spacial score (nSPS) is 19.6. The largest absolute Gasteiger partial charge is 0.374 e. The Morgan fingerprint density at radius 1 is 1.19 bits per heavy atom. The van der Waals surface area contributed by atoms with E-state index in [1.165, 1.54) is 11.6 Å². The summed E-state index contributed by atoms with van der Waals surface area (Å²) in [6.45, 7) is 8.88. The van der Waals surface area contributed by atoms with Gasteiger partial charge < -0.3 is 9.64 Å². The van der Waals surface area contributed by atoms with Crippen molar-refractivity contribution in [3.63, 3.8) is 0 Å². The van der Waals surface area contributed by atoms with Gasteiger partial charge in [0.05, 0.1) is 24.1 Å². The molecule has 4 nitrogen and oxygen atoms in total. The maximum atomic E-state index is 13.8. The number of nitrogens with zero attached hydrogens (tertiary/aromatic N) is 2. The number of carbonyl (C=O) groups excluding carboxylic acids is 1. The van der Waals surface area contributed by atoms with Gasteiger partial charge in [-0.15, -0.1) is 0 Å². The van der Waals surface area contributed by atoms with Crippen LogP contribution in [0.3, 0.4) is 0 Å². The van der Waals surface area contributed by atoms with Gasteiger partial charge in [0, 0.05) is 29.8 Å². The van der Waals surface area contributed by atoms with Crippen molar-refractivity contribution >= 4 is 17.3 Å². The zero-order chi connectivity index (χ0) is 23.0. The zero-order valence-corrected chi connectivity index (χ0v) is 18.9. The van der Waals surface area contributed by atoms with E-state index in [9.17, 15) is 13.6 Å². The van der Waals surface area contributed by atoms with E-state index in [2.05, 4.69) is 19.9 Å². The van der Waals surface area contributed by atoms with Gasteiger partial charge in [0.15, 0.2) is 11.6 Å². The summed E-state index contributed by atoms with van der Waals surface area (Å²) in [6.07, 6.45) is 2.60. The maximum absolute atomic E-state index is 13.8. The Balaban J connectivity index is 1.79. The van der Waals surface area contributed by atoms with Crippen molar-refractivity contribution in [2.24, 2.45) is 16.3 Å². The first-order chi connectivity index (χ1) is 15.2. The molecule has 0 aliphatic carbocycles. The molecule has 32 heavy (non-hydrogen) atoms. The van der Waals surface area contributed by atoms with Crippen LogP contribution in [0.2, 0.25) is 0 Å². The number of rotatable bonds is 4. The predicted octanol–water partition coefficient (Wildman–Crippen LogP) is 5.70. The Morgan fingerprint density at radius 2 is 1.94 bits per heavy atom. The number of para-hydroxylation sites is 1. The number of carbonyl (C=O) groups is 1. The van der Waals surface area contributed by atoms with Gasteiger partial charge in [-0.05, 0) is 55.5 Å². The Kier molecular flexibility index (Phi) is 5.99. The number of hydrogen-bond acceptors (Lipinski definition) is 3. The highest BCUT2D eigenvalue weighted by molar-refractivity contribution is 6.06. The summed E-state index contributed by atoms with van der Waals surface area (Å²) in [4.78, 5) is 19.9. The molecule has 0 N–H and O–H groups in total. The average Bonchev–Trinajstić information content (AvgIpc) is 2.86. The van der Waals surface area contributed by atoms with E-state index in [1.54, 1.807) is 11.1 Å². The molecule has 168 valence electrons. The van der Waals surface area contributed by atoms with Crippen LogP contribution in [0.15, 0.2) is 59.2 Å². The van der Waals surface area contributed by atoms with Gasteiger partial charge in [-0.1, -0.05) is 32.0 Å². The molecule has 0 aromatic heterocycles. The number of benzene rings is 2. The van der Waals surface area contributed by atoms with Crippen LogP contribution in [0.1, 0.15) is 43.6 Å². The summed E-state index contributed by atoms with van der Waals surface area (Å²) in [5.41, 5.74) is 3.67. The zero-order valence-electron chi connectivity index (χ0n) is 18.9. The molecular formula is C26H28F2N2O2. The van der Waals surface area contributed by atoms with Crippen LogP contribution in [-0.4, -0.2) is 35.8 Å². The lowest BCUT2D eigenvalue weighted by Crippen LogP contribution is -2.41. The molecule has 2 aromatic rings. The number of hydrogen-bond donors (Lipinski definition) is 0. The molecule has 0 spiro atoms. The third-order valence-corrected chi connectivity index (χ3v) is 6.15. The number of halogens is 2. The van der Waals surface area contributed by atoms with Gasteiger partial charge in [-0.25, -0.2) is 8.78 Å². The second-order valence-electron chi connectivity index (χ2n) is 9.45. The highest BCUT2D eigenvalue weighted by Gasteiger charge is 2.42. The summed E-state index contributed by atoms with van der Waals surface area (Å²) in [5.74, 6) is -2.30. The molecule has 0 fully saturated rings. The number of amides is 1. The maximum Gasteiger partial charge on any atom is 0.257 e. The average molecular weight is 439 g/mol. The summed E-state index contributed by atoms with van der Waals surface area (Å²) in [5, 5.41) is 0. The molecule has 6 heteroatoms. The summed E-state index contributed by atoms with van der Waals surface area (Å²) in [7, 11) is 0. The first kappa shape index (κ1) is 22.3. The van der Waals surface area contributed by atoms with Crippen LogP contribution in [0.4, 0.5) is 14.5 Å². The monoisotopic (exact) mass is 438 g/mol. The van der Waals surface area contributed by atoms with Gasteiger partial charge in [-0.3, -0.25) is 9.79 Å². The predicted molar refractivity (Wildman–Crippen MR) is 121 cm³/mol. The Labute approximate surface area is 187 Å². The van der Waals surface area contributed by atoms with Crippen molar-refractivity contribution in [1.82, 2.24) is 4.90 Å². The van der Waals surface area contributed by atoms with E-state index in [-0.39, 0.29) is 28.9 Å². The number of ether oxygens (including phenoxy) is 1. The fourth-order valence-corrected chi connectivity index (χ4v) is 4.40. The summed E-state index contributed by atoms with van der Waals surface area (Å²) >= 11 is 0. The van der Waals surface area contributed by atoms with Crippen molar-refractivity contribution in [1.29, 1.82) is 0 Å². The van der Waals surface area contributed by atoms with E-state index in [4.69, 9.17) is 9.73 Å². The van der Waals surface area contributed by atoms with Gasteiger partial charge >= 0.3 is 0 Å². The van der Waals surface area contributed by atoms with Crippen molar-refractivity contribution in [3.05, 3.63) is 77.0 Å². The van der Waals surface area contributed by atoms with Crippen molar-refractivity contribution in [2.75, 3.05) is 13.2 Å². The summed E-state index contributed by atoms with van der Waals surface area (Å²) in [6, 6.07) is 11.3. The van der Waals surface area contributed by atoms with Gasteiger partial charge in [0.1, 0.15) is 0 Å². The van der Waals surface area contributed by atoms with Crippen LogP contribution in [-0.2, 0) is 11.2 Å². The van der Waals surface area contributed by atoms with Crippen LogP contribution < -0.4 is 0 Å². The van der Waals surface area contributed by atoms with E-state index in [0.29, 0.717) is 13.2 Å². The molecule has 0 saturated heterocycles. The lowest BCUT2D eigenvalue weighted by Gasteiger charge is -2.38. The minimum atomic E-state index is -1.04. The van der Waals surface area contributed by atoms with Crippen LogP contribution in [0.25, 0.3) is 0 Å². The first-order valence-corrected chi connectivity index (χ1v) is 10.9. The lowest BCUT2D eigenvalue weighted by atomic mass is 9.70. The molecular weight excluding hydrogens is 410 g/mol. The third kappa shape index (κ3) is 4.37. The first-order valence-electron chi connectivity index (χ1n) is 10.9. The van der Waals surface area contributed by atoms with Crippen molar-refractivity contribution in [2.45, 2.75) is 40.2 Å². The molecule has 2 heterocycles. The lowest BCUT2D eigenvalue weighted by molar-refractivity contribution is 0.0750. The Morgan fingerprint density at radius 3 is 2.66 bits per heavy atom. The standard InChI is InChI=1S/C26H28F2N2O2/c1-16(2)32-14-19-13-30(25(31)18-9-10-21(27)22(28)12-18)15-26(3,4)20-11-17-7-5-6-8-23(17)29-24(19)20/h5-10,12-13,16,20H,11,14-15H2,1-4H3. The second-order valence-corrected chi connectivity index (χ2v) is 9.45. The van der Waals surface area contributed by atoms with Crippen molar-refractivity contribution < 1.29 is 18.3 Å². The quantitative estimate of drug-likeness (QED) is 0.614. The van der Waals surface area contributed by atoms with E-state index < -0.39 is 11.6 Å². The topological polar surface area (TPSA) is 41.9 Å². The van der Waals surface area contributed by atoms with E-state index in [0.717, 1.165) is 35.5 Å². The molecule has 2 aliphatic rings. The fraction of sp³-hybridized carbons (Fsp3) is 0.385.